The first kappa shape index (κ1) is 13.0. The molecule has 13 heavy (non-hydrogen) atoms. The van der Waals surface area contributed by atoms with E-state index in [1.54, 1.807) is 0 Å². The maximum atomic E-state index is 9.17. The highest BCUT2D eigenvalue weighted by atomic mass is 16.3. The predicted molar refractivity (Wildman–Crippen MR) is 58.7 cm³/mol. The van der Waals surface area contributed by atoms with Crippen molar-refractivity contribution in [2.75, 3.05) is 6.61 Å². The molecule has 0 spiro atoms. The van der Waals surface area contributed by atoms with Gasteiger partial charge in [0, 0.05) is 6.61 Å². The summed E-state index contributed by atoms with van der Waals surface area (Å²) in [5.74, 6) is 1.09. The van der Waals surface area contributed by atoms with Crippen LogP contribution in [0, 0.1) is 17.3 Å². The molecule has 0 saturated carbocycles. The lowest BCUT2D eigenvalue weighted by molar-refractivity contribution is 0.0998. The standard InChI is InChI=1S/C12H26O/c1-6-7-8-11(10(2)9-13)12(3,4)5/h10-11,13H,6-9H2,1-5H3. The average molecular weight is 186 g/mol. The SMILES string of the molecule is CCCCC(C(C)CO)C(C)(C)C. The van der Waals surface area contributed by atoms with Crippen molar-refractivity contribution in [3.63, 3.8) is 0 Å². The Balaban J connectivity index is 4.19. The zero-order chi connectivity index (χ0) is 10.5. The largest absolute Gasteiger partial charge is 0.396 e. The van der Waals surface area contributed by atoms with Gasteiger partial charge in [-0.1, -0.05) is 47.5 Å². The number of hydrogen-bond donors (Lipinski definition) is 1. The van der Waals surface area contributed by atoms with Crippen molar-refractivity contribution in [2.24, 2.45) is 17.3 Å². The Morgan fingerprint density at radius 1 is 1.23 bits per heavy atom. The van der Waals surface area contributed by atoms with E-state index < -0.39 is 0 Å². The monoisotopic (exact) mass is 186 g/mol. The topological polar surface area (TPSA) is 20.2 Å². The van der Waals surface area contributed by atoms with Crippen molar-refractivity contribution in [3.8, 4) is 0 Å². The summed E-state index contributed by atoms with van der Waals surface area (Å²) < 4.78 is 0. The molecule has 1 N–H and O–H groups in total. The van der Waals surface area contributed by atoms with Crippen molar-refractivity contribution < 1.29 is 5.11 Å². The molecule has 0 amide bonds. The molecule has 0 fully saturated rings. The number of hydrogen-bond acceptors (Lipinski definition) is 1. The van der Waals surface area contributed by atoms with Gasteiger partial charge in [-0.3, -0.25) is 0 Å². The second-order valence-electron chi connectivity index (χ2n) is 5.27. The number of unbranched alkanes of at least 4 members (excludes halogenated alkanes) is 1. The van der Waals surface area contributed by atoms with E-state index in [9.17, 15) is 0 Å². The second-order valence-corrected chi connectivity index (χ2v) is 5.27. The van der Waals surface area contributed by atoms with Crippen molar-refractivity contribution in [1.82, 2.24) is 0 Å². The molecule has 0 aliphatic heterocycles. The summed E-state index contributed by atoms with van der Waals surface area (Å²) in [5, 5.41) is 9.17. The Hall–Kier alpha value is -0.0400. The lowest BCUT2D eigenvalue weighted by Crippen LogP contribution is -2.28. The number of rotatable bonds is 5. The summed E-state index contributed by atoms with van der Waals surface area (Å²) in [6.45, 7) is 11.5. The van der Waals surface area contributed by atoms with Crippen LogP contribution in [0.4, 0.5) is 0 Å². The average Bonchev–Trinajstić information content (AvgIpc) is 2.02. The van der Waals surface area contributed by atoms with Gasteiger partial charge in [0.05, 0.1) is 0 Å². The Morgan fingerprint density at radius 3 is 2.08 bits per heavy atom. The Morgan fingerprint density at radius 2 is 1.77 bits per heavy atom. The molecule has 2 atom stereocenters. The third-order valence-corrected chi connectivity index (χ3v) is 2.96. The van der Waals surface area contributed by atoms with E-state index in [4.69, 9.17) is 5.11 Å². The van der Waals surface area contributed by atoms with Gasteiger partial charge in [-0.15, -0.1) is 0 Å². The highest BCUT2D eigenvalue weighted by Crippen LogP contribution is 2.35. The lowest BCUT2D eigenvalue weighted by atomic mass is 9.71. The van der Waals surface area contributed by atoms with Crippen molar-refractivity contribution in [3.05, 3.63) is 0 Å². The van der Waals surface area contributed by atoms with Gasteiger partial charge in [0.25, 0.3) is 0 Å². The van der Waals surface area contributed by atoms with Gasteiger partial charge in [-0.25, -0.2) is 0 Å². The van der Waals surface area contributed by atoms with E-state index in [0.717, 1.165) is 0 Å². The smallest absolute Gasteiger partial charge is 0.0459 e. The predicted octanol–water partition coefficient (Wildman–Crippen LogP) is 3.47. The van der Waals surface area contributed by atoms with Crippen LogP contribution in [0.25, 0.3) is 0 Å². The van der Waals surface area contributed by atoms with Crippen LogP contribution in [-0.4, -0.2) is 11.7 Å². The molecule has 1 nitrogen and oxygen atoms in total. The molecule has 80 valence electrons. The van der Waals surface area contributed by atoms with E-state index in [1.807, 2.05) is 0 Å². The van der Waals surface area contributed by atoms with Crippen LogP contribution < -0.4 is 0 Å². The summed E-state index contributed by atoms with van der Waals surface area (Å²) >= 11 is 0. The maximum Gasteiger partial charge on any atom is 0.0459 e. The lowest BCUT2D eigenvalue weighted by Gasteiger charge is -2.35. The first-order valence-electron chi connectivity index (χ1n) is 5.54. The molecule has 1 heteroatoms. The fraction of sp³-hybridized carbons (Fsp3) is 1.00. The van der Waals surface area contributed by atoms with Crippen molar-refractivity contribution >= 4 is 0 Å². The molecular weight excluding hydrogens is 160 g/mol. The third kappa shape index (κ3) is 4.66. The van der Waals surface area contributed by atoms with E-state index in [2.05, 4.69) is 34.6 Å². The molecule has 0 aliphatic carbocycles. The summed E-state index contributed by atoms with van der Waals surface area (Å²) in [7, 11) is 0. The highest BCUT2D eigenvalue weighted by molar-refractivity contribution is 4.78. The van der Waals surface area contributed by atoms with Crippen LogP contribution in [0.3, 0.4) is 0 Å². The van der Waals surface area contributed by atoms with Crippen LogP contribution >= 0.6 is 0 Å². The van der Waals surface area contributed by atoms with E-state index >= 15 is 0 Å². The Kier molecular flexibility index (Phi) is 5.62. The Bertz CT molecular complexity index is 124. The fourth-order valence-corrected chi connectivity index (χ4v) is 2.12. The number of aliphatic hydroxyl groups excluding tert-OH is 1. The maximum absolute atomic E-state index is 9.17. The molecule has 0 aromatic heterocycles. The summed E-state index contributed by atoms with van der Waals surface area (Å²) in [4.78, 5) is 0. The van der Waals surface area contributed by atoms with Crippen LogP contribution in [0.1, 0.15) is 53.9 Å². The van der Waals surface area contributed by atoms with Gasteiger partial charge >= 0.3 is 0 Å². The van der Waals surface area contributed by atoms with Gasteiger partial charge < -0.3 is 5.11 Å². The van der Waals surface area contributed by atoms with Crippen LogP contribution in [0.2, 0.25) is 0 Å². The van der Waals surface area contributed by atoms with E-state index in [1.165, 1.54) is 19.3 Å². The van der Waals surface area contributed by atoms with Crippen LogP contribution in [-0.2, 0) is 0 Å². The summed E-state index contributed by atoms with van der Waals surface area (Å²) in [6, 6.07) is 0. The highest BCUT2D eigenvalue weighted by Gasteiger charge is 2.28. The minimum atomic E-state index is 0.325. The van der Waals surface area contributed by atoms with Crippen LogP contribution in [0.15, 0.2) is 0 Å². The molecule has 0 aromatic rings. The fourth-order valence-electron chi connectivity index (χ4n) is 2.12. The second kappa shape index (κ2) is 5.64. The number of aliphatic hydroxyl groups is 1. The van der Waals surface area contributed by atoms with E-state index in [0.29, 0.717) is 23.9 Å². The van der Waals surface area contributed by atoms with Crippen LogP contribution in [0.5, 0.6) is 0 Å². The molecule has 0 aromatic carbocycles. The van der Waals surface area contributed by atoms with Gasteiger partial charge in [0.1, 0.15) is 0 Å². The molecule has 0 heterocycles. The summed E-state index contributed by atoms with van der Waals surface area (Å²) in [5.41, 5.74) is 0.331. The van der Waals surface area contributed by atoms with Crippen molar-refractivity contribution in [1.29, 1.82) is 0 Å². The zero-order valence-corrected chi connectivity index (χ0v) is 9.93. The third-order valence-electron chi connectivity index (χ3n) is 2.96. The Labute approximate surface area is 83.5 Å². The first-order chi connectivity index (χ1) is 5.93. The molecule has 0 aliphatic rings. The zero-order valence-electron chi connectivity index (χ0n) is 9.93. The molecule has 0 radical (unpaired) electrons. The van der Waals surface area contributed by atoms with E-state index in [-0.39, 0.29) is 0 Å². The summed E-state index contributed by atoms with van der Waals surface area (Å²) in [6.07, 6.45) is 3.79. The molecule has 0 rings (SSSR count). The molecule has 0 saturated heterocycles. The van der Waals surface area contributed by atoms with Gasteiger partial charge in [-0.2, -0.15) is 0 Å². The quantitative estimate of drug-likeness (QED) is 0.697. The van der Waals surface area contributed by atoms with Crippen molar-refractivity contribution in [2.45, 2.75) is 53.9 Å². The molecular formula is C12H26O. The minimum Gasteiger partial charge on any atom is -0.396 e. The molecule has 2 unspecified atom stereocenters. The normalized spacial score (nSPS) is 17.1. The van der Waals surface area contributed by atoms with Gasteiger partial charge in [0.15, 0.2) is 0 Å². The molecule has 0 bridgehead atoms. The van der Waals surface area contributed by atoms with Gasteiger partial charge in [0.2, 0.25) is 0 Å². The minimum absolute atomic E-state index is 0.325. The van der Waals surface area contributed by atoms with Gasteiger partial charge in [-0.05, 0) is 23.7 Å². The first-order valence-corrected chi connectivity index (χ1v) is 5.54.